The Hall–Kier alpha value is -3.85. The molecule has 0 unspecified atom stereocenters. The second-order valence-electron chi connectivity index (χ2n) is 9.33. The fourth-order valence-electron chi connectivity index (χ4n) is 4.40. The zero-order valence-corrected chi connectivity index (χ0v) is 22.0. The lowest BCUT2D eigenvalue weighted by Crippen LogP contribution is -2.53. The zero-order valence-electron chi connectivity index (χ0n) is 21.2. The molecule has 0 saturated carbocycles. The lowest BCUT2D eigenvalue weighted by atomic mass is 10.1. The highest BCUT2D eigenvalue weighted by Crippen LogP contribution is 2.31. The molecule has 1 aliphatic heterocycles. The Morgan fingerprint density at radius 2 is 1.89 bits per heavy atom. The first kappa shape index (κ1) is 26.2. The summed E-state index contributed by atoms with van der Waals surface area (Å²) in [7, 11) is 1.30. The number of carbonyl (C=O) groups excluding carboxylic acids is 3. The summed E-state index contributed by atoms with van der Waals surface area (Å²) in [5.74, 6) is -0.930. The van der Waals surface area contributed by atoms with Gasteiger partial charge in [-0.3, -0.25) is 4.79 Å². The van der Waals surface area contributed by atoms with Crippen LogP contribution >= 0.6 is 11.6 Å². The number of fused-ring (bicyclic) bond motifs is 1. The van der Waals surface area contributed by atoms with Crippen molar-refractivity contribution in [2.45, 2.75) is 39.4 Å². The average molecular weight is 524 g/mol. The first-order valence-corrected chi connectivity index (χ1v) is 12.4. The van der Waals surface area contributed by atoms with E-state index in [0.29, 0.717) is 16.3 Å². The number of para-hydroxylation sites is 1. The van der Waals surface area contributed by atoms with Crippen LogP contribution in [-0.4, -0.2) is 58.3 Å². The molecule has 194 valence electrons. The summed E-state index contributed by atoms with van der Waals surface area (Å²) in [5.41, 5.74) is 2.60. The van der Waals surface area contributed by atoms with Crippen molar-refractivity contribution >= 4 is 35.2 Å². The maximum absolute atomic E-state index is 13.8. The Labute approximate surface area is 220 Å². The van der Waals surface area contributed by atoms with Crippen molar-refractivity contribution < 1.29 is 19.1 Å². The van der Waals surface area contributed by atoms with Crippen LogP contribution in [-0.2, 0) is 16.1 Å². The lowest BCUT2D eigenvalue weighted by Gasteiger charge is -2.31. The standard InChI is InChI=1S/C27H30ClN5O4/c1-17(2)24(26(35)37-4)30-27(36)31-16-19-8-5-6-9-23(19)32(15-18(31)3)25(34)21-11-10-20(14-22(21)28)33-13-7-12-29-33/h5-14,17-18,24H,15-16H2,1-4H3,(H,30,36)/t18-,24+/m1/s1. The van der Waals surface area contributed by atoms with Gasteiger partial charge in [-0.2, -0.15) is 5.10 Å². The minimum Gasteiger partial charge on any atom is -0.467 e. The van der Waals surface area contributed by atoms with Crippen molar-refractivity contribution in [1.82, 2.24) is 20.0 Å². The van der Waals surface area contributed by atoms with Crippen LogP contribution in [0.4, 0.5) is 10.5 Å². The summed E-state index contributed by atoms with van der Waals surface area (Å²) >= 11 is 6.57. The number of amides is 3. The molecular weight excluding hydrogens is 494 g/mol. The number of ether oxygens (including phenoxy) is 1. The molecule has 1 aliphatic rings. The van der Waals surface area contributed by atoms with E-state index in [1.807, 2.05) is 45.0 Å². The van der Waals surface area contributed by atoms with E-state index in [1.54, 1.807) is 51.1 Å². The van der Waals surface area contributed by atoms with Gasteiger partial charge < -0.3 is 19.9 Å². The van der Waals surface area contributed by atoms with E-state index in [4.69, 9.17) is 16.3 Å². The van der Waals surface area contributed by atoms with Crippen molar-refractivity contribution in [3.63, 3.8) is 0 Å². The number of halogens is 1. The number of esters is 1. The Morgan fingerprint density at radius 3 is 2.54 bits per heavy atom. The van der Waals surface area contributed by atoms with Gasteiger partial charge in [0.15, 0.2) is 0 Å². The molecule has 0 bridgehead atoms. The van der Waals surface area contributed by atoms with Crippen LogP contribution in [0.2, 0.25) is 5.02 Å². The molecule has 2 heterocycles. The largest absolute Gasteiger partial charge is 0.467 e. The summed E-state index contributed by atoms with van der Waals surface area (Å²) in [5, 5.41) is 7.32. The quantitative estimate of drug-likeness (QED) is 0.503. The third kappa shape index (κ3) is 5.46. The molecule has 0 spiro atoms. The lowest BCUT2D eigenvalue weighted by molar-refractivity contribution is -0.144. The van der Waals surface area contributed by atoms with Gasteiger partial charge in [-0.1, -0.05) is 43.6 Å². The predicted octanol–water partition coefficient (Wildman–Crippen LogP) is 4.28. The summed E-state index contributed by atoms with van der Waals surface area (Å²) in [4.78, 5) is 42.6. The number of urea groups is 1. The SMILES string of the molecule is COC(=O)[C@@H](NC(=O)N1Cc2ccccc2N(C(=O)c2ccc(-n3cccn3)cc2Cl)C[C@H]1C)C(C)C. The Kier molecular flexibility index (Phi) is 7.83. The van der Waals surface area contributed by atoms with Gasteiger partial charge in [-0.05, 0) is 48.7 Å². The molecule has 0 fully saturated rings. The summed E-state index contributed by atoms with van der Waals surface area (Å²) in [6.07, 6.45) is 3.46. The molecule has 1 aromatic heterocycles. The number of methoxy groups -OCH3 is 1. The Morgan fingerprint density at radius 1 is 1.14 bits per heavy atom. The number of aromatic nitrogens is 2. The summed E-state index contributed by atoms with van der Waals surface area (Å²) in [6.45, 7) is 6.06. The highest BCUT2D eigenvalue weighted by Gasteiger charge is 2.34. The van der Waals surface area contributed by atoms with Crippen molar-refractivity contribution in [3.8, 4) is 5.69 Å². The van der Waals surface area contributed by atoms with Gasteiger partial charge in [-0.15, -0.1) is 0 Å². The minimum absolute atomic E-state index is 0.157. The van der Waals surface area contributed by atoms with Crippen molar-refractivity contribution in [2.24, 2.45) is 5.92 Å². The molecular formula is C27H30ClN5O4. The van der Waals surface area contributed by atoms with Gasteiger partial charge in [-0.25, -0.2) is 14.3 Å². The number of nitrogens with one attached hydrogen (secondary N) is 1. The number of rotatable bonds is 5. The van der Waals surface area contributed by atoms with Crippen LogP contribution in [0, 0.1) is 5.92 Å². The van der Waals surface area contributed by atoms with Crippen molar-refractivity contribution in [3.05, 3.63) is 77.1 Å². The van der Waals surface area contributed by atoms with Crippen molar-refractivity contribution in [2.75, 3.05) is 18.6 Å². The molecule has 4 rings (SSSR count). The van der Waals surface area contributed by atoms with Gasteiger partial charge in [0.05, 0.1) is 23.4 Å². The number of nitrogens with zero attached hydrogens (tertiary/aromatic N) is 4. The van der Waals surface area contributed by atoms with Crippen LogP contribution in [0.3, 0.4) is 0 Å². The van der Waals surface area contributed by atoms with E-state index in [0.717, 1.165) is 11.3 Å². The molecule has 37 heavy (non-hydrogen) atoms. The monoisotopic (exact) mass is 523 g/mol. The van der Waals surface area contributed by atoms with Gasteiger partial charge in [0.1, 0.15) is 6.04 Å². The highest BCUT2D eigenvalue weighted by molar-refractivity contribution is 6.34. The molecule has 1 N–H and O–H groups in total. The topological polar surface area (TPSA) is 96.8 Å². The third-order valence-electron chi connectivity index (χ3n) is 6.46. The molecule has 10 heteroatoms. The maximum atomic E-state index is 13.8. The van der Waals surface area contributed by atoms with Crippen LogP contribution < -0.4 is 10.2 Å². The Balaban J connectivity index is 1.63. The smallest absolute Gasteiger partial charge is 0.328 e. The van der Waals surface area contributed by atoms with Crippen LogP contribution in [0.1, 0.15) is 36.7 Å². The summed E-state index contributed by atoms with van der Waals surface area (Å²) < 4.78 is 6.53. The third-order valence-corrected chi connectivity index (χ3v) is 6.77. The number of anilines is 1. The Bertz CT molecular complexity index is 1290. The highest BCUT2D eigenvalue weighted by atomic mass is 35.5. The van der Waals surface area contributed by atoms with Gasteiger partial charge in [0.2, 0.25) is 0 Å². The molecule has 2 aromatic carbocycles. The first-order chi connectivity index (χ1) is 17.7. The van der Waals surface area contributed by atoms with Crippen LogP contribution in [0.5, 0.6) is 0 Å². The second kappa shape index (κ2) is 11.0. The van der Waals surface area contributed by atoms with E-state index in [1.165, 1.54) is 7.11 Å². The van der Waals surface area contributed by atoms with E-state index in [2.05, 4.69) is 10.4 Å². The van der Waals surface area contributed by atoms with E-state index < -0.39 is 18.0 Å². The maximum Gasteiger partial charge on any atom is 0.328 e. The van der Waals surface area contributed by atoms with Gasteiger partial charge in [0, 0.05) is 37.2 Å². The van der Waals surface area contributed by atoms with Crippen molar-refractivity contribution in [1.29, 1.82) is 0 Å². The van der Waals surface area contributed by atoms with E-state index in [9.17, 15) is 14.4 Å². The number of hydrogen-bond acceptors (Lipinski definition) is 5. The zero-order chi connectivity index (χ0) is 26.7. The predicted molar refractivity (Wildman–Crippen MR) is 141 cm³/mol. The molecule has 3 amide bonds. The molecule has 3 aromatic rings. The average Bonchev–Trinajstić information content (AvgIpc) is 3.38. The molecule has 2 atom stereocenters. The fourth-order valence-corrected chi connectivity index (χ4v) is 4.66. The minimum atomic E-state index is -0.784. The normalized spacial score (nSPS) is 16.1. The fraction of sp³-hybridized carbons (Fsp3) is 0.333. The number of benzene rings is 2. The van der Waals surface area contributed by atoms with Crippen LogP contribution in [0.25, 0.3) is 5.69 Å². The second-order valence-corrected chi connectivity index (χ2v) is 9.74. The first-order valence-electron chi connectivity index (χ1n) is 12.1. The summed E-state index contributed by atoms with van der Waals surface area (Å²) in [6, 6.07) is 12.9. The number of hydrogen-bond donors (Lipinski definition) is 1. The van der Waals surface area contributed by atoms with E-state index in [-0.39, 0.29) is 31.0 Å². The molecule has 0 aliphatic carbocycles. The number of carbonyl (C=O) groups is 3. The molecule has 0 saturated heterocycles. The van der Waals surface area contributed by atoms with Gasteiger partial charge >= 0.3 is 12.0 Å². The van der Waals surface area contributed by atoms with E-state index >= 15 is 0 Å². The molecule has 0 radical (unpaired) electrons. The van der Waals surface area contributed by atoms with Crippen LogP contribution in [0.15, 0.2) is 60.9 Å². The van der Waals surface area contributed by atoms with Gasteiger partial charge in [0.25, 0.3) is 5.91 Å². The molecule has 9 nitrogen and oxygen atoms in total.